The molecule has 1 unspecified atom stereocenters. The van der Waals surface area contributed by atoms with Crippen molar-refractivity contribution in [2.24, 2.45) is 7.05 Å². The Kier molecular flexibility index (Phi) is 9.85. The average Bonchev–Trinajstić information content (AvgIpc) is 3.92. The number of carbonyl (C=O) groups excluding carboxylic acids is 3. The van der Waals surface area contributed by atoms with Crippen LogP contribution in [0.3, 0.4) is 0 Å². The van der Waals surface area contributed by atoms with Crippen molar-refractivity contribution in [3.05, 3.63) is 97.3 Å². The van der Waals surface area contributed by atoms with E-state index in [0.29, 0.717) is 44.8 Å². The molecule has 0 saturated carbocycles. The molecule has 1 atom stereocenters. The zero-order chi connectivity index (χ0) is 38.5. The lowest BCUT2D eigenvalue weighted by atomic mass is 10.00. The minimum atomic E-state index is -3.48. The number of pyridine rings is 1. The number of amides is 2. The molecule has 16 heteroatoms. The quantitative estimate of drug-likeness (QED) is 0.167. The van der Waals surface area contributed by atoms with Gasteiger partial charge in [-0.25, -0.2) is 13.8 Å². The molecular formula is C38H36F2N6O6S2. The summed E-state index contributed by atoms with van der Waals surface area (Å²) in [6, 6.07) is 10.8. The number of thiazole rings is 1. The summed E-state index contributed by atoms with van der Waals surface area (Å²) >= 11 is 1.99. The smallest absolute Gasteiger partial charge is 0.285 e. The summed E-state index contributed by atoms with van der Waals surface area (Å²) in [6.07, 6.45) is 3.01. The summed E-state index contributed by atoms with van der Waals surface area (Å²) in [4.78, 5) is 63.6. The Morgan fingerprint density at radius 1 is 1.09 bits per heavy atom. The molecule has 0 aliphatic carbocycles. The molecule has 1 aliphatic heterocycles. The summed E-state index contributed by atoms with van der Waals surface area (Å²) in [5.41, 5.74) is 2.86. The number of likely N-dealkylation sites (tertiary alicyclic amines) is 1. The molecule has 54 heavy (non-hydrogen) atoms. The summed E-state index contributed by atoms with van der Waals surface area (Å²) in [5, 5.41) is 4.89. The van der Waals surface area contributed by atoms with Gasteiger partial charge in [-0.3, -0.25) is 19.2 Å². The monoisotopic (exact) mass is 774 g/mol. The first kappa shape index (κ1) is 36.9. The number of aromatic nitrogens is 3. The third-order valence-corrected chi connectivity index (χ3v) is 11.4. The first-order chi connectivity index (χ1) is 25.8. The standard InChI is InChI=1S/C38H36F2N6O6S2/c1-44(2)16-25-28(51-4)12-20(13-29(25)52-5)24-17-45(3)36(49)22-14-30(54-33(22)24)34(48)43-31-10-11-46(19-38(31,39)40)37(50)27-18-53-35(42-27)32(47)23-15-41-26-9-7-6-8-21(23)26/h6-9,12-15,17-18,31,41H,10-11,16,19H2,1-5H3,(H,43,48). The van der Waals surface area contributed by atoms with E-state index in [2.05, 4.69) is 15.3 Å². The Hall–Kier alpha value is -5.45. The number of nitrogens with one attached hydrogen (secondary N) is 2. The lowest BCUT2D eigenvalue weighted by Crippen LogP contribution is -2.59. The third-order valence-electron chi connectivity index (χ3n) is 9.41. The number of hydrogen-bond donors (Lipinski definition) is 2. The van der Waals surface area contributed by atoms with Crippen LogP contribution in [0.15, 0.2) is 65.0 Å². The van der Waals surface area contributed by atoms with Gasteiger partial charge >= 0.3 is 0 Å². The van der Waals surface area contributed by atoms with Crippen molar-refractivity contribution in [2.75, 3.05) is 41.4 Å². The highest BCUT2D eigenvalue weighted by Gasteiger charge is 2.47. The maximum atomic E-state index is 15.6. The van der Waals surface area contributed by atoms with Gasteiger partial charge in [-0.1, -0.05) is 18.2 Å². The number of aryl methyl sites for hydroxylation is 1. The van der Waals surface area contributed by atoms with Crippen LogP contribution in [0, 0.1) is 0 Å². The number of para-hydroxylation sites is 1. The summed E-state index contributed by atoms with van der Waals surface area (Å²) < 4.78 is 44.6. The van der Waals surface area contributed by atoms with Gasteiger partial charge in [-0.2, -0.15) is 0 Å². The zero-order valence-corrected chi connectivity index (χ0v) is 31.6. The molecule has 0 bridgehead atoms. The number of halogens is 2. The highest BCUT2D eigenvalue weighted by molar-refractivity contribution is 7.21. The molecule has 6 aromatic rings. The number of benzene rings is 2. The van der Waals surface area contributed by atoms with Crippen molar-refractivity contribution < 1.29 is 32.6 Å². The molecule has 4 aromatic heterocycles. The number of methoxy groups -OCH3 is 2. The lowest BCUT2D eigenvalue weighted by molar-refractivity contribution is -0.0794. The molecule has 0 spiro atoms. The van der Waals surface area contributed by atoms with Crippen molar-refractivity contribution in [3.8, 4) is 22.6 Å². The van der Waals surface area contributed by atoms with Crippen LogP contribution in [0.4, 0.5) is 8.78 Å². The third kappa shape index (κ3) is 6.76. The number of rotatable bonds is 10. The molecular weight excluding hydrogens is 739 g/mol. The molecule has 280 valence electrons. The summed E-state index contributed by atoms with van der Waals surface area (Å²) in [5.74, 6) is -4.20. The van der Waals surface area contributed by atoms with Gasteiger partial charge < -0.3 is 34.1 Å². The Bertz CT molecular complexity index is 2480. The first-order valence-electron chi connectivity index (χ1n) is 16.9. The van der Waals surface area contributed by atoms with Crippen LogP contribution in [0.25, 0.3) is 32.1 Å². The van der Waals surface area contributed by atoms with E-state index < -0.39 is 30.3 Å². The topological polar surface area (TPSA) is 139 Å². The van der Waals surface area contributed by atoms with Gasteiger partial charge in [0.25, 0.3) is 23.3 Å². The molecule has 7 rings (SSSR count). The number of hydrogen-bond acceptors (Lipinski definition) is 10. The van der Waals surface area contributed by atoms with Crippen molar-refractivity contribution in [3.63, 3.8) is 0 Å². The molecule has 2 amide bonds. The molecule has 1 aliphatic rings. The minimum Gasteiger partial charge on any atom is -0.496 e. The predicted octanol–water partition coefficient (Wildman–Crippen LogP) is 5.79. The average molecular weight is 775 g/mol. The number of aromatic amines is 1. The van der Waals surface area contributed by atoms with Gasteiger partial charge in [0.2, 0.25) is 5.78 Å². The number of fused-ring (bicyclic) bond motifs is 2. The van der Waals surface area contributed by atoms with Crippen LogP contribution >= 0.6 is 22.7 Å². The normalized spacial score (nSPS) is 15.6. The van der Waals surface area contributed by atoms with Gasteiger partial charge in [-0.05, 0) is 50.3 Å². The molecule has 1 saturated heterocycles. The number of nitrogens with zero attached hydrogens (tertiary/aromatic N) is 4. The molecule has 2 aromatic carbocycles. The minimum absolute atomic E-state index is 0.0675. The van der Waals surface area contributed by atoms with E-state index in [1.807, 2.05) is 43.3 Å². The highest BCUT2D eigenvalue weighted by Crippen LogP contribution is 2.40. The second-order valence-electron chi connectivity index (χ2n) is 13.3. The van der Waals surface area contributed by atoms with E-state index in [-0.39, 0.29) is 45.3 Å². The van der Waals surface area contributed by atoms with E-state index in [0.717, 1.165) is 38.7 Å². The van der Waals surface area contributed by atoms with Crippen LogP contribution in [-0.4, -0.2) is 95.3 Å². The maximum Gasteiger partial charge on any atom is 0.285 e. The van der Waals surface area contributed by atoms with Crippen LogP contribution in [0.2, 0.25) is 0 Å². The van der Waals surface area contributed by atoms with Crippen LogP contribution in [-0.2, 0) is 13.6 Å². The Labute approximate surface area is 315 Å². The van der Waals surface area contributed by atoms with Gasteiger partial charge in [0.1, 0.15) is 17.2 Å². The Balaban J connectivity index is 1.08. The largest absolute Gasteiger partial charge is 0.496 e. The SMILES string of the molecule is COc1cc(-c2cn(C)c(=O)c3cc(C(=O)NC4CCN(C(=O)c5csc(C(=O)c6c[nH]c7ccccc67)n5)CC4(F)F)sc23)cc(OC)c1CN(C)C. The van der Waals surface area contributed by atoms with Crippen molar-refractivity contribution in [2.45, 2.75) is 24.9 Å². The molecule has 0 radical (unpaired) electrons. The van der Waals surface area contributed by atoms with Crippen molar-refractivity contribution >= 4 is 61.3 Å². The van der Waals surface area contributed by atoms with Crippen LogP contribution in [0.1, 0.15) is 47.5 Å². The maximum absolute atomic E-state index is 15.6. The van der Waals surface area contributed by atoms with E-state index in [1.165, 1.54) is 16.0 Å². The second kappa shape index (κ2) is 14.4. The second-order valence-corrected chi connectivity index (χ2v) is 15.2. The van der Waals surface area contributed by atoms with E-state index in [1.54, 1.807) is 45.8 Å². The number of thiophene rings is 1. The van der Waals surface area contributed by atoms with E-state index in [4.69, 9.17) is 9.47 Å². The predicted molar refractivity (Wildman–Crippen MR) is 204 cm³/mol. The molecule has 2 N–H and O–H groups in total. The number of H-pyrrole nitrogens is 1. The summed E-state index contributed by atoms with van der Waals surface area (Å²) in [6.45, 7) is -0.479. The van der Waals surface area contributed by atoms with Gasteiger partial charge in [0.15, 0.2) is 5.01 Å². The fraction of sp³-hybridized carbons (Fsp3) is 0.289. The fourth-order valence-electron chi connectivity index (χ4n) is 6.71. The van der Waals surface area contributed by atoms with Gasteiger partial charge in [0, 0.05) is 59.1 Å². The zero-order valence-electron chi connectivity index (χ0n) is 30.0. The molecule has 12 nitrogen and oxygen atoms in total. The number of carbonyl (C=O) groups is 3. The van der Waals surface area contributed by atoms with E-state index in [9.17, 15) is 19.2 Å². The first-order valence-corrected chi connectivity index (χ1v) is 18.6. The Morgan fingerprint density at radius 2 is 1.81 bits per heavy atom. The van der Waals surface area contributed by atoms with Crippen molar-refractivity contribution in [1.82, 2.24) is 29.7 Å². The van der Waals surface area contributed by atoms with Crippen molar-refractivity contribution in [1.29, 1.82) is 0 Å². The number of piperidine rings is 1. The van der Waals surface area contributed by atoms with Gasteiger partial charge in [-0.15, -0.1) is 22.7 Å². The number of ketones is 1. The number of alkyl halides is 2. The van der Waals surface area contributed by atoms with Crippen LogP contribution in [0.5, 0.6) is 11.5 Å². The number of ether oxygens (including phenoxy) is 2. The Morgan fingerprint density at radius 3 is 2.50 bits per heavy atom. The van der Waals surface area contributed by atoms with Crippen LogP contribution < -0.4 is 20.3 Å². The molecule has 1 fully saturated rings. The van der Waals surface area contributed by atoms with E-state index >= 15 is 8.78 Å². The fourth-order valence-corrected chi connectivity index (χ4v) is 8.54. The molecule has 5 heterocycles. The summed E-state index contributed by atoms with van der Waals surface area (Å²) in [7, 11) is 8.57. The van der Waals surface area contributed by atoms with Gasteiger partial charge in [0.05, 0.1) is 48.2 Å². The lowest BCUT2D eigenvalue weighted by Gasteiger charge is -2.38. The highest BCUT2D eigenvalue weighted by atomic mass is 32.1.